The van der Waals surface area contributed by atoms with Gasteiger partial charge in [-0.3, -0.25) is 0 Å². The molecule has 1 nitrogen and oxygen atoms in total. The van der Waals surface area contributed by atoms with Crippen molar-refractivity contribution in [2.75, 3.05) is 0 Å². The third-order valence-electron chi connectivity index (χ3n) is 1.55. The van der Waals surface area contributed by atoms with Crippen LogP contribution in [0.25, 0.3) is 0 Å². The molecule has 0 amide bonds. The van der Waals surface area contributed by atoms with E-state index in [9.17, 15) is 4.79 Å². The molecule has 0 saturated heterocycles. The van der Waals surface area contributed by atoms with Gasteiger partial charge in [0, 0.05) is 14.5 Å². The van der Waals surface area contributed by atoms with Crippen LogP contribution in [-0.4, -0.2) is 6.29 Å². The van der Waals surface area contributed by atoms with Crippen molar-refractivity contribution >= 4 is 44.8 Å². The van der Waals surface area contributed by atoms with Crippen LogP contribution in [0, 0.1) is 3.57 Å². The van der Waals surface area contributed by atoms with Gasteiger partial charge in [0.15, 0.2) is 0 Å². The second-order valence-corrected chi connectivity index (χ2v) is 4.54. The maximum Gasteiger partial charge on any atom is 0.120 e. The smallest absolute Gasteiger partial charge is 0.120 e. The van der Waals surface area contributed by atoms with E-state index in [2.05, 4.69) is 50.7 Å². The molecule has 0 radical (unpaired) electrons. The SMILES string of the molecule is O=CCCc1ccc(I)cc1Br. The van der Waals surface area contributed by atoms with E-state index in [4.69, 9.17) is 0 Å². The highest BCUT2D eigenvalue weighted by atomic mass is 127. The Balaban J connectivity index is 2.78. The zero-order valence-corrected chi connectivity index (χ0v) is 10.1. The molecule has 0 spiro atoms. The number of halogens is 2. The zero-order valence-electron chi connectivity index (χ0n) is 6.39. The van der Waals surface area contributed by atoms with Crippen molar-refractivity contribution in [3.8, 4) is 0 Å². The first-order valence-electron chi connectivity index (χ1n) is 3.61. The summed E-state index contributed by atoms with van der Waals surface area (Å²) in [6, 6.07) is 6.15. The fourth-order valence-corrected chi connectivity index (χ4v) is 2.44. The Kier molecular flexibility index (Phi) is 4.21. The molecule has 0 saturated carbocycles. The topological polar surface area (TPSA) is 17.1 Å². The summed E-state index contributed by atoms with van der Waals surface area (Å²) in [6.45, 7) is 0. The third-order valence-corrected chi connectivity index (χ3v) is 2.96. The van der Waals surface area contributed by atoms with Crippen LogP contribution in [0.2, 0.25) is 0 Å². The fourth-order valence-electron chi connectivity index (χ4n) is 0.939. The number of carbonyl (C=O) groups excluding carboxylic acids is 1. The summed E-state index contributed by atoms with van der Waals surface area (Å²) in [5.41, 5.74) is 1.20. The maximum absolute atomic E-state index is 10.1. The molecule has 0 bridgehead atoms. The van der Waals surface area contributed by atoms with Crippen molar-refractivity contribution in [1.29, 1.82) is 0 Å². The Hall–Kier alpha value is 0.1000. The lowest BCUT2D eigenvalue weighted by Gasteiger charge is -2.01. The highest BCUT2D eigenvalue weighted by molar-refractivity contribution is 14.1. The lowest BCUT2D eigenvalue weighted by atomic mass is 10.1. The molecule has 3 heteroatoms. The van der Waals surface area contributed by atoms with Gasteiger partial charge in [0.1, 0.15) is 6.29 Å². The Bertz CT molecular complexity index is 286. The molecule has 1 rings (SSSR count). The third kappa shape index (κ3) is 2.86. The number of aryl methyl sites for hydroxylation is 1. The van der Waals surface area contributed by atoms with E-state index in [0.717, 1.165) is 17.2 Å². The van der Waals surface area contributed by atoms with E-state index in [1.165, 1.54) is 9.13 Å². The average Bonchev–Trinajstić information content (AvgIpc) is 2.03. The van der Waals surface area contributed by atoms with E-state index in [0.29, 0.717) is 6.42 Å². The van der Waals surface area contributed by atoms with Crippen LogP contribution in [0.4, 0.5) is 0 Å². The molecular weight excluding hydrogens is 331 g/mol. The largest absolute Gasteiger partial charge is 0.303 e. The number of aldehydes is 1. The van der Waals surface area contributed by atoms with Crippen molar-refractivity contribution in [3.63, 3.8) is 0 Å². The van der Waals surface area contributed by atoms with Gasteiger partial charge in [0.05, 0.1) is 0 Å². The first kappa shape index (κ1) is 10.2. The van der Waals surface area contributed by atoms with Crippen LogP contribution in [0.15, 0.2) is 22.7 Å². The van der Waals surface area contributed by atoms with Crippen LogP contribution >= 0.6 is 38.5 Å². The van der Waals surface area contributed by atoms with Gasteiger partial charge in [0.25, 0.3) is 0 Å². The lowest BCUT2D eigenvalue weighted by Crippen LogP contribution is -1.88. The van der Waals surface area contributed by atoms with Crippen molar-refractivity contribution in [1.82, 2.24) is 0 Å². The molecule has 64 valence electrons. The van der Waals surface area contributed by atoms with Gasteiger partial charge in [-0.1, -0.05) is 22.0 Å². The maximum atomic E-state index is 10.1. The van der Waals surface area contributed by atoms with Gasteiger partial charge < -0.3 is 4.79 Å². The molecule has 0 N–H and O–H groups in total. The second kappa shape index (κ2) is 4.97. The Morgan fingerprint density at radius 2 is 2.25 bits per heavy atom. The van der Waals surface area contributed by atoms with Gasteiger partial charge in [0.2, 0.25) is 0 Å². The molecule has 0 atom stereocenters. The second-order valence-electron chi connectivity index (χ2n) is 2.44. The Morgan fingerprint density at radius 3 is 2.83 bits per heavy atom. The van der Waals surface area contributed by atoms with Crippen molar-refractivity contribution in [2.45, 2.75) is 12.8 Å². The zero-order chi connectivity index (χ0) is 8.97. The van der Waals surface area contributed by atoms with Gasteiger partial charge in [-0.2, -0.15) is 0 Å². The summed E-state index contributed by atoms with van der Waals surface area (Å²) in [5, 5.41) is 0. The molecule has 0 unspecified atom stereocenters. The molecule has 0 aliphatic carbocycles. The van der Waals surface area contributed by atoms with Gasteiger partial charge in [-0.25, -0.2) is 0 Å². The molecule has 0 aromatic heterocycles. The summed E-state index contributed by atoms with van der Waals surface area (Å²) in [6.07, 6.45) is 2.37. The lowest BCUT2D eigenvalue weighted by molar-refractivity contribution is -0.107. The molecule has 0 heterocycles. The quantitative estimate of drug-likeness (QED) is 0.611. The van der Waals surface area contributed by atoms with Gasteiger partial charge in [-0.05, 0) is 46.7 Å². The predicted octanol–water partition coefficient (Wildman–Crippen LogP) is 3.19. The number of benzene rings is 1. The summed E-state index contributed by atoms with van der Waals surface area (Å²) in [5.74, 6) is 0. The Morgan fingerprint density at radius 1 is 1.50 bits per heavy atom. The Labute approximate surface area is 93.8 Å². The van der Waals surface area contributed by atoms with Crippen LogP contribution in [0.3, 0.4) is 0 Å². The average molecular weight is 339 g/mol. The number of hydrogen-bond donors (Lipinski definition) is 0. The molecule has 1 aromatic rings. The first-order chi connectivity index (χ1) is 5.74. The highest BCUT2D eigenvalue weighted by Gasteiger charge is 1.99. The summed E-state index contributed by atoms with van der Waals surface area (Å²) < 4.78 is 2.30. The predicted molar refractivity (Wildman–Crippen MR) is 61.2 cm³/mol. The minimum atomic E-state index is 0.596. The first-order valence-corrected chi connectivity index (χ1v) is 5.49. The summed E-state index contributed by atoms with van der Waals surface area (Å²) in [7, 11) is 0. The van der Waals surface area contributed by atoms with Crippen LogP contribution < -0.4 is 0 Å². The molecule has 12 heavy (non-hydrogen) atoms. The van der Waals surface area contributed by atoms with Crippen molar-refractivity contribution < 1.29 is 4.79 Å². The van der Waals surface area contributed by atoms with E-state index in [1.807, 2.05) is 6.07 Å². The normalized spacial score (nSPS) is 9.83. The van der Waals surface area contributed by atoms with E-state index >= 15 is 0 Å². The van der Waals surface area contributed by atoms with Gasteiger partial charge in [-0.15, -0.1) is 0 Å². The number of rotatable bonds is 3. The molecular formula is C9H8BrIO. The monoisotopic (exact) mass is 338 g/mol. The van der Waals surface area contributed by atoms with Crippen molar-refractivity contribution in [3.05, 3.63) is 31.8 Å². The minimum absolute atomic E-state index is 0.596. The standard InChI is InChI=1S/C9H8BrIO/c10-9-6-8(11)4-3-7(9)2-1-5-12/h3-6H,1-2H2. The van der Waals surface area contributed by atoms with E-state index < -0.39 is 0 Å². The molecule has 0 aliphatic rings. The van der Waals surface area contributed by atoms with Crippen LogP contribution in [0.5, 0.6) is 0 Å². The van der Waals surface area contributed by atoms with E-state index in [1.54, 1.807) is 0 Å². The molecule has 0 aliphatic heterocycles. The molecule has 0 fully saturated rings. The van der Waals surface area contributed by atoms with E-state index in [-0.39, 0.29) is 0 Å². The van der Waals surface area contributed by atoms with Crippen LogP contribution in [0.1, 0.15) is 12.0 Å². The summed E-state index contributed by atoms with van der Waals surface area (Å²) >= 11 is 5.72. The number of carbonyl (C=O) groups is 1. The summed E-state index contributed by atoms with van der Waals surface area (Å²) in [4.78, 5) is 10.1. The van der Waals surface area contributed by atoms with Gasteiger partial charge >= 0.3 is 0 Å². The highest BCUT2D eigenvalue weighted by Crippen LogP contribution is 2.20. The minimum Gasteiger partial charge on any atom is -0.303 e. The van der Waals surface area contributed by atoms with Crippen LogP contribution in [-0.2, 0) is 11.2 Å². The molecule has 1 aromatic carbocycles. The fraction of sp³-hybridized carbons (Fsp3) is 0.222. The number of hydrogen-bond acceptors (Lipinski definition) is 1. The van der Waals surface area contributed by atoms with Crippen molar-refractivity contribution in [2.24, 2.45) is 0 Å².